The van der Waals surface area contributed by atoms with Gasteiger partial charge in [0, 0.05) is 11.4 Å². The lowest BCUT2D eigenvalue weighted by Gasteiger charge is -2.23. The molecular formula is C15H17ClOS. The molecule has 96 valence electrons. The number of thiophene rings is 1. The standard InChI is InChI=1S/C15H17ClOS/c1-15(17,8-6-13-7-9-18-11-13)10-12-2-4-14(16)5-3-12/h2-5,7,9,11,17H,6,8,10H2,1H3. The Morgan fingerprint density at radius 1 is 1.17 bits per heavy atom. The Labute approximate surface area is 117 Å². The maximum Gasteiger partial charge on any atom is 0.0663 e. The van der Waals surface area contributed by atoms with E-state index in [0.717, 1.165) is 23.4 Å². The molecule has 2 aromatic rings. The smallest absolute Gasteiger partial charge is 0.0663 e. The van der Waals surface area contributed by atoms with Gasteiger partial charge in [-0.15, -0.1) is 0 Å². The van der Waals surface area contributed by atoms with E-state index in [4.69, 9.17) is 11.6 Å². The van der Waals surface area contributed by atoms with Crippen LogP contribution in [0, 0.1) is 0 Å². The minimum atomic E-state index is -0.671. The van der Waals surface area contributed by atoms with Gasteiger partial charge >= 0.3 is 0 Å². The van der Waals surface area contributed by atoms with E-state index in [-0.39, 0.29) is 0 Å². The number of aryl methyl sites for hydroxylation is 1. The van der Waals surface area contributed by atoms with Gasteiger partial charge in [-0.3, -0.25) is 0 Å². The molecule has 1 aromatic carbocycles. The van der Waals surface area contributed by atoms with Crippen molar-refractivity contribution in [2.24, 2.45) is 0 Å². The fourth-order valence-electron chi connectivity index (χ4n) is 1.98. The van der Waals surface area contributed by atoms with Gasteiger partial charge in [-0.2, -0.15) is 11.3 Å². The highest BCUT2D eigenvalue weighted by Crippen LogP contribution is 2.21. The molecule has 1 nitrogen and oxygen atoms in total. The van der Waals surface area contributed by atoms with Crippen LogP contribution in [0.2, 0.25) is 5.02 Å². The number of aliphatic hydroxyl groups is 1. The Kier molecular flexibility index (Phi) is 4.44. The Balaban J connectivity index is 1.92. The molecule has 0 saturated heterocycles. The molecule has 0 saturated carbocycles. The van der Waals surface area contributed by atoms with E-state index in [1.807, 2.05) is 31.2 Å². The van der Waals surface area contributed by atoms with Gasteiger partial charge in [0.05, 0.1) is 5.60 Å². The van der Waals surface area contributed by atoms with Crippen molar-refractivity contribution >= 4 is 22.9 Å². The molecule has 0 radical (unpaired) electrons. The lowest BCUT2D eigenvalue weighted by atomic mass is 9.91. The highest BCUT2D eigenvalue weighted by molar-refractivity contribution is 7.07. The summed E-state index contributed by atoms with van der Waals surface area (Å²) in [5.41, 5.74) is 1.75. The molecule has 1 aromatic heterocycles. The number of hydrogen-bond acceptors (Lipinski definition) is 2. The summed E-state index contributed by atoms with van der Waals surface area (Å²) in [6, 6.07) is 9.80. The van der Waals surface area contributed by atoms with Crippen LogP contribution >= 0.6 is 22.9 Å². The summed E-state index contributed by atoms with van der Waals surface area (Å²) in [5.74, 6) is 0. The minimum Gasteiger partial charge on any atom is -0.390 e. The van der Waals surface area contributed by atoms with E-state index < -0.39 is 5.60 Å². The Hall–Kier alpha value is -0.830. The lowest BCUT2D eigenvalue weighted by molar-refractivity contribution is 0.0516. The zero-order chi connectivity index (χ0) is 13.0. The second-order valence-corrected chi connectivity index (χ2v) is 6.15. The summed E-state index contributed by atoms with van der Waals surface area (Å²) < 4.78 is 0. The molecule has 1 heterocycles. The van der Waals surface area contributed by atoms with E-state index in [1.165, 1.54) is 5.56 Å². The lowest BCUT2D eigenvalue weighted by Crippen LogP contribution is -2.27. The maximum absolute atomic E-state index is 10.4. The fraction of sp³-hybridized carbons (Fsp3) is 0.333. The van der Waals surface area contributed by atoms with Crippen molar-refractivity contribution in [2.45, 2.75) is 31.8 Å². The van der Waals surface area contributed by atoms with Gasteiger partial charge in [-0.25, -0.2) is 0 Å². The van der Waals surface area contributed by atoms with Crippen LogP contribution in [-0.2, 0) is 12.8 Å². The first-order valence-corrected chi connectivity index (χ1v) is 7.35. The SMILES string of the molecule is CC(O)(CCc1ccsc1)Cc1ccc(Cl)cc1. The molecule has 0 aliphatic rings. The molecule has 0 spiro atoms. The van der Waals surface area contributed by atoms with Crippen molar-refractivity contribution < 1.29 is 5.11 Å². The molecule has 18 heavy (non-hydrogen) atoms. The first kappa shape index (κ1) is 13.6. The Morgan fingerprint density at radius 2 is 1.89 bits per heavy atom. The highest BCUT2D eigenvalue weighted by Gasteiger charge is 2.20. The van der Waals surface area contributed by atoms with Crippen LogP contribution in [-0.4, -0.2) is 10.7 Å². The van der Waals surface area contributed by atoms with Crippen molar-refractivity contribution in [1.82, 2.24) is 0 Å². The molecule has 2 rings (SSSR count). The Bertz CT molecular complexity index is 474. The quantitative estimate of drug-likeness (QED) is 0.864. The predicted octanol–water partition coefficient (Wildman–Crippen LogP) is 4.33. The molecular weight excluding hydrogens is 264 g/mol. The minimum absolute atomic E-state index is 0.661. The number of halogens is 1. The topological polar surface area (TPSA) is 20.2 Å². The Morgan fingerprint density at radius 3 is 2.50 bits per heavy atom. The van der Waals surface area contributed by atoms with Gasteiger partial charge in [-0.05, 0) is 59.9 Å². The van der Waals surface area contributed by atoms with E-state index >= 15 is 0 Å². The maximum atomic E-state index is 10.4. The summed E-state index contributed by atoms with van der Waals surface area (Å²) in [7, 11) is 0. The van der Waals surface area contributed by atoms with Crippen molar-refractivity contribution in [2.75, 3.05) is 0 Å². The fourth-order valence-corrected chi connectivity index (χ4v) is 2.81. The molecule has 1 atom stereocenters. The first-order chi connectivity index (χ1) is 8.55. The van der Waals surface area contributed by atoms with Crippen molar-refractivity contribution in [1.29, 1.82) is 0 Å². The predicted molar refractivity (Wildman–Crippen MR) is 78.4 cm³/mol. The van der Waals surface area contributed by atoms with Gasteiger partial charge < -0.3 is 5.11 Å². The molecule has 0 aliphatic carbocycles. The number of hydrogen-bond donors (Lipinski definition) is 1. The van der Waals surface area contributed by atoms with Gasteiger partial charge in [0.15, 0.2) is 0 Å². The molecule has 0 bridgehead atoms. The van der Waals surface area contributed by atoms with Gasteiger partial charge in [0.2, 0.25) is 0 Å². The van der Waals surface area contributed by atoms with Crippen LogP contribution in [0.25, 0.3) is 0 Å². The van der Waals surface area contributed by atoms with E-state index in [1.54, 1.807) is 11.3 Å². The average molecular weight is 281 g/mol. The van der Waals surface area contributed by atoms with Crippen LogP contribution in [0.4, 0.5) is 0 Å². The van der Waals surface area contributed by atoms with Crippen LogP contribution in [0.1, 0.15) is 24.5 Å². The van der Waals surface area contributed by atoms with Gasteiger partial charge in [0.1, 0.15) is 0 Å². The second-order valence-electron chi connectivity index (χ2n) is 4.93. The van der Waals surface area contributed by atoms with Crippen molar-refractivity contribution in [3.63, 3.8) is 0 Å². The average Bonchev–Trinajstić information content (AvgIpc) is 2.83. The number of benzene rings is 1. The molecule has 1 N–H and O–H groups in total. The molecule has 3 heteroatoms. The second kappa shape index (κ2) is 5.87. The summed E-state index contributed by atoms with van der Waals surface area (Å²) in [4.78, 5) is 0. The van der Waals surface area contributed by atoms with Crippen molar-refractivity contribution in [3.05, 3.63) is 57.2 Å². The summed E-state index contributed by atoms with van der Waals surface area (Å²) in [6.45, 7) is 1.90. The largest absolute Gasteiger partial charge is 0.390 e. The van der Waals surface area contributed by atoms with Gasteiger partial charge in [-0.1, -0.05) is 23.7 Å². The molecule has 0 fully saturated rings. The molecule has 0 amide bonds. The summed E-state index contributed by atoms with van der Waals surface area (Å²) >= 11 is 7.55. The van der Waals surface area contributed by atoms with Gasteiger partial charge in [0.25, 0.3) is 0 Å². The molecule has 1 unspecified atom stereocenters. The monoisotopic (exact) mass is 280 g/mol. The first-order valence-electron chi connectivity index (χ1n) is 6.03. The van der Waals surface area contributed by atoms with E-state index in [0.29, 0.717) is 6.42 Å². The third kappa shape index (κ3) is 4.13. The molecule has 0 aliphatic heterocycles. The van der Waals surface area contributed by atoms with Crippen LogP contribution in [0.15, 0.2) is 41.1 Å². The van der Waals surface area contributed by atoms with E-state index in [9.17, 15) is 5.11 Å². The highest BCUT2D eigenvalue weighted by atomic mass is 35.5. The third-order valence-electron chi connectivity index (χ3n) is 3.03. The van der Waals surface area contributed by atoms with Crippen LogP contribution < -0.4 is 0 Å². The van der Waals surface area contributed by atoms with Crippen molar-refractivity contribution in [3.8, 4) is 0 Å². The van der Waals surface area contributed by atoms with Crippen LogP contribution in [0.5, 0.6) is 0 Å². The zero-order valence-corrected chi connectivity index (χ0v) is 12.0. The normalized spacial score (nSPS) is 14.4. The number of rotatable bonds is 5. The third-order valence-corrected chi connectivity index (χ3v) is 4.01. The summed E-state index contributed by atoms with van der Waals surface area (Å²) in [5, 5.41) is 15.3. The van der Waals surface area contributed by atoms with E-state index in [2.05, 4.69) is 16.8 Å². The zero-order valence-electron chi connectivity index (χ0n) is 10.4. The summed E-state index contributed by atoms with van der Waals surface area (Å²) in [6.07, 6.45) is 2.35. The van der Waals surface area contributed by atoms with Crippen LogP contribution in [0.3, 0.4) is 0 Å².